The fourth-order valence-electron chi connectivity index (χ4n) is 2.59. The van der Waals surface area contributed by atoms with Crippen LogP contribution in [0.2, 0.25) is 5.02 Å². The summed E-state index contributed by atoms with van der Waals surface area (Å²) < 4.78 is 26.8. The number of hydrogen-bond donors (Lipinski definition) is 1. The standard InChI is InChI=1S/C19H20ClF2NO/c1-19(2,12-14-6-3-4-8-15(14)20)23-17(24)11-10-13-7-5-9-16(21)18(13)22/h3-9H,10-12H2,1-2H3,(H,23,24). The number of carbonyl (C=O) groups excluding carboxylic acids is 1. The molecule has 1 N–H and O–H groups in total. The molecule has 0 radical (unpaired) electrons. The van der Waals surface area contributed by atoms with Crippen LogP contribution in [0.25, 0.3) is 0 Å². The van der Waals surface area contributed by atoms with Crippen LogP contribution in [0.4, 0.5) is 8.78 Å². The van der Waals surface area contributed by atoms with Gasteiger partial charge in [-0.15, -0.1) is 0 Å². The molecule has 2 nitrogen and oxygen atoms in total. The molecule has 2 rings (SSSR count). The van der Waals surface area contributed by atoms with Crippen molar-refractivity contribution in [1.29, 1.82) is 0 Å². The van der Waals surface area contributed by atoms with E-state index in [-0.39, 0.29) is 24.3 Å². The van der Waals surface area contributed by atoms with Gasteiger partial charge in [0.05, 0.1) is 0 Å². The first-order chi connectivity index (χ1) is 11.3. The number of rotatable bonds is 6. The van der Waals surface area contributed by atoms with E-state index in [0.717, 1.165) is 11.6 Å². The Morgan fingerprint density at radius 3 is 2.46 bits per heavy atom. The molecule has 128 valence electrons. The van der Waals surface area contributed by atoms with Crippen LogP contribution in [0.1, 0.15) is 31.4 Å². The van der Waals surface area contributed by atoms with E-state index in [1.807, 2.05) is 38.1 Å². The predicted octanol–water partition coefficient (Wildman–Crippen LogP) is 4.69. The second-order valence-electron chi connectivity index (χ2n) is 6.41. The Balaban J connectivity index is 1.93. The third-order valence-corrected chi connectivity index (χ3v) is 4.09. The molecule has 0 aliphatic heterocycles. The van der Waals surface area contributed by atoms with Crippen LogP contribution in [-0.4, -0.2) is 11.4 Å². The highest BCUT2D eigenvalue weighted by atomic mass is 35.5. The highest BCUT2D eigenvalue weighted by Gasteiger charge is 2.22. The summed E-state index contributed by atoms with van der Waals surface area (Å²) in [6.07, 6.45) is 0.816. The molecule has 0 unspecified atom stereocenters. The summed E-state index contributed by atoms with van der Waals surface area (Å²) in [5.41, 5.74) is 0.650. The van der Waals surface area contributed by atoms with Gasteiger partial charge in [-0.3, -0.25) is 4.79 Å². The van der Waals surface area contributed by atoms with E-state index in [9.17, 15) is 13.6 Å². The average Bonchev–Trinajstić information content (AvgIpc) is 2.50. The molecule has 0 spiro atoms. The molecule has 1 amide bonds. The van der Waals surface area contributed by atoms with Crippen LogP contribution in [0.5, 0.6) is 0 Å². The lowest BCUT2D eigenvalue weighted by Gasteiger charge is -2.27. The zero-order valence-corrected chi connectivity index (χ0v) is 14.5. The summed E-state index contributed by atoms with van der Waals surface area (Å²) in [4.78, 5) is 12.1. The maximum absolute atomic E-state index is 13.6. The topological polar surface area (TPSA) is 29.1 Å². The van der Waals surface area contributed by atoms with Crippen molar-refractivity contribution in [3.8, 4) is 0 Å². The molecule has 0 fully saturated rings. The van der Waals surface area contributed by atoms with Gasteiger partial charge < -0.3 is 5.32 Å². The van der Waals surface area contributed by atoms with Crippen LogP contribution >= 0.6 is 11.6 Å². The maximum Gasteiger partial charge on any atom is 0.220 e. The summed E-state index contributed by atoms with van der Waals surface area (Å²) in [6, 6.07) is 11.5. The average molecular weight is 352 g/mol. The van der Waals surface area contributed by atoms with Gasteiger partial charge in [-0.1, -0.05) is 41.9 Å². The molecule has 2 aromatic carbocycles. The van der Waals surface area contributed by atoms with Crippen LogP contribution < -0.4 is 5.32 Å². The van der Waals surface area contributed by atoms with Crippen molar-refractivity contribution in [2.75, 3.05) is 0 Å². The Bertz CT molecular complexity index is 731. The largest absolute Gasteiger partial charge is 0.351 e. The fourth-order valence-corrected chi connectivity index (χ4v) is 2.79. The molecule has 0 aliphatic carbocycles. The quantitative estimate of drug-likeness (QED) is 0.803. The van der Waals surface area contributed by atoms with Gasteiger partial charge in [0.25, 0.3) is 0 Å². The molecule has 0 atom stereocenters. The van der Waals surface area contributed by atoms with Crippen molar-refractivity contribution in [2.45, 2.75) is 38.6 Å². The third-order valence-electron chi connectivity index (χ3n) is 3.72. The van der Waals surface area contributed by atoms with Gasteiger partial charge >= 0.3 is 0 Å². The smallest absolute Gasteiger partial charge is 0.220 e. The minimum atomic E-state index is -0.896. The summed E-state index contributed by atoms with van der Waals surface area (Å²) >= 11 is 6.15. The molecular weight excluding hydrogens is 332 g/mol. The van der Waals surface area contributed by atoms with E-state index in [2.05, 4.69) is 5.32 Å². The van der Waals surface area contributed by atoms with Crippen molar-refractivity contribution in [2.24, 2.45) is 0 Å². The molecule has 0 saturated carbocycles. The van der Waals surface area contributed by atoms with Crippen LogP contribution in [0, 0.1) is 11.6 Å². The van der Waals surface area contributed by atoms with Gasteiger partial charge in [-0.05, 0) is 49.9 Å². The molecule has 24 heavy (non-hydrogen) atoms. The first kappa shape index (κ1) is 18.4. The van der Waals surface area contributed by atoms with Crippen molar-refractivity contribution in [1.82, 2.24) is 5.32 Å². The number of halogens is 3. The fraction of sp³-hybridized carbons (Fsp3) is 0.316. The van der Waals surface area contributed by atoms with Crippen molar-refractivity contribution in [3.63, 3.8) is 0 Å². The molecule has 0 heterocycles. The normalized spacial score (nSPS) is 11.4. The monoisotopic (exact) mass is 351 g/mol. The minimum Gasteiger partial charge on any atom is -0.351 e. The van der Waals surface area contributed by atoms with Gasteiger partial charge in [0, 0.05) is 17.0 Å². The summed E-state index contributed by atoms with van der Waals surface area (Å²) in [6.45, 7) is 3.80. The molecule has 0 saturated heterocycles. The third kappa shape index (κ3) is 5.03. The van der Waals surface area contributed by atoms with E-state index >= 15 is 0 Å². The second kappa shape index (κ2) is 7.75. The van der Waals surface area contributed by atoms with E-state index in [1.165, 1.54) is 12.1 Å². The number of aryl methyl sites for hydroxylation is 1. The second-order valence-corrected chi connectivity index (χ2v) is 6.82. The SMILES string of the molecule is CC(C)(Cc1ccccc1Cl)NC(=O)CCc1cccc(F)c1F. The Kier molecular flexibility index (Phi) is 5.94. The molecular formula is C19H20ClF2NO. The van der Waals surface area contributed by atoms with E-state index in [4.69, 9.17) is 11.6 Å². The molecule has 0 bridgehead atoms. The van der Waals surface area contributed by atoms with E-state index in [1.54, 1.807) is 0 Å². The Labute approximate surface area is 145 Å². The highest BCUT2D eigenvalue weighted by molar-refractivity contribution is 6.31. The Morgan fingerprint density at radius 1 is 1.08 bits per heavy atom. The Hall–Kier alpha value is -1.94. The van der Waals surface area contributed by atoms with Gasteiger partial charge in [-0.2, -0.15) is 0 Å². The van der Waals surface area contributed by atoms with Gasteiger partial charge in [0.1, 0.15) is 0 Å². The van der Waals surface area contributed by atoms with Crippen molar-refractivity contribution < 1.29 is 13.6 Å². The lowest BCUT2D eigenvalue weighted by Crippen LogP contribution is -2.45. The lowest BCUT2D eigenvalue weighted by atomic mass is 9.94. The minimum absolute atomic E-state index is 0.0896. The zero-order chi connectivity index (χ0) is 17.7. The predicted molar refractivity (Wildman–Crippen MR) is 92.1 cm³/mol. The van der Waals surface area contributed by atoms with Gasteiger partial charge in [-0.25, -0.2) is 8.78 Å². The van der Waals surface area contributed by atoms with Crippen LogP contribution in [0.3, 0.4) is 0 Å². The number of amides is 1. The van der Waals surface area contributed by atoms with Crippen molar-refractivity contribution in [3.05, 3.63) is 70.2 Å². The molecule has 5 heteroatoms. The summed E-state index contributed by atoms with van der Waals surface area (Å²) in [5, 5.41) is 3.58. The van der Waals surface area contributed by atoms with E-state index in [0.29, 0.717) is 11.4 Å². The molecule has 0 aromatic heterocycles. The number of hydrogen-bond acceptors (Lipinski definition) is 1. The molecule has 2 aromatic rings. The number of benzene rings is 2. The number of carbonyl (C=O) groups is 1. The van der Waals surface area contributed by atoms with E-state index < -0.39 is 17.2 Å². The van der Waals surface area contributed by atoms with Crippen molar-refractivity contribution >= 4 is 17.5 Å². The van der Waals surface area contributed by atoms with Gasteiger partial charge in [0.15, 0.2) is 11.6 Å². The lowest BCUT2D eigenvalue weighted by molar-refractivity contribution is -0.122. The number of nitrogens with one attached hydrogen (secondary N) is 1. The first-order valence-corrected chi connectivity index (χ1v) is 8.13. The van der Waals surface area contributed by atoms with Gasteiger partial charge in [0.2, 0.25) is 5.91 Å². The summed E-state index contributed by atoms with van der Waals surface area (Å²) in [5.74, 6) is -2.00. The highest BCUT2D eigenvalue weighted by Crippen LogP contribution is 2.21. The van der Waals surface area contributed by atoms with Crippen LogP contribution in [-0.2, 0) is 17.6 Å². The zero-order valence-electron chi connectivity index (χ0n) is 13.7. The first-order valence-electron chi connectivity index (χ1n) is 7.76. The van der Waals surface area contributed by atoms with Crippen LogP contribution in [0.15, 0.2) is 42.5 Å². The maximum atomic E-state index is 13.6. The molecule has 0 aliphatic rings. The summed E-state index contributed by atoms with van der Waals surface area (Å²) in [7, 11) is 0. The Morgan fingerprint density at radius 2 is 1.75 bits per heavy atom.